The maximum Gasteiger partial charge on any atom is 0.305 e. The summed E-state index contributed by atoms with van der Waals surface area (Å²) in [6.07, 6.45) is 4.00. The Morgan fingerprint density at radius 1 is 1.38 bits per heavy atom. The van der Waals surface area contributed by atoms with Crippen molar-refractivity contribution in [2.75, 3.05) is 0 Å². The minimum atomic E-state index is -0.853. The number of rotatable bonds is 4. The van der Waals surface area contributed by atoms with E-state index in [1.54, 1.807) is 0 Å². The summed E-state index contributed by atoms with van der Waals surface area (Å²) in [6.45, 7) is 3.61. The van der Waals surface area contributed by atoms with Crippen molar-refractivity contribution < 1.29 is 19.4 Å². The van der Waals surface area contributed by atoms with E-state index in [0.717, 1.165) is 10.0 Å². The van der Waals surface area contributed by atoms with Gasteiger partial charge < -0.3 is 14.6 Å². The summed E-state index contributed by atoms with van der Waals surface area (Å²) >= 11 is 3.40. The Hall–Kier alpha value is -1.17. The zero-order valence-corrected chi connectivity index (χ0v) is 13.7. The summed E-state index contributed by atoms with van der Waals surface area (Å²) in [7, 11) is 0. The Morgan fingerprint density at radius 3 is 2.67 bits per heavy atom. The molecule has 114 valence electrons. The van der Waals surface area contributed by atoms with Gasteiger partial charge in [-0.2, -0.15) is 0 Å². The first kappa shape index (κ1) is 16.2. The Kier molecular flexibility index (Phi) is 5.19. The molecule has 0 radical (unpaired) electrons. The van der Waals surface area contributed by atoms with E-state index in [-0.39, 0.29) is 18.6 Å². The van der Waals surface area contributed by atoms with E-state index in [0.29, 0.717) is 6.42 Å². The highest BCUT2D eigenvalue weighted by Crippen LogP contribution is 2.29. The Bertz CT molecular complexity index is 522. The number of hydrogen-bond acceptors (Lipinski definition) is 3. The normalized spacial score (nSPS) is 25.1. The molecular formula is C16H19BrO4. The number of benzene rings is 1. The first-order valence-electron chi connectivity index (χ1n) is 6.85. The van der Waals surface area contributed by atoms with E-state index < -0.39 is 11.8 Å². The number of carboxylic acid groups (broad SMARTS) is 1. The van der Waals surface area contributed by atoms with Crippen LogP contribution in [0.5, 0.6) is 0 Å². The molecule has 1 N–H and O–H groups in total. The second-order valence-corrected chi connectivity index (χ2v) is 6.46. The van der Waals surface area contributed by atoms with Crippen LogP contribution in [0.2, 0.25) is 0 Å². The predicted octanol–water partition coefficient (Wildman–Crippen LogP) is 3.85. The summed E-state index contributed by atoms with van der Waals surface area (Å²) in [4.78, 5) is 10.9. The first-order valence-corrected chi connectivity index (χ1v) is 7.64. The van der Waals surface area contributed by atoms with E-state index in [4.69, 9.17) is 14.6 Å². The lowest BCUT2D eigenvalue weighted by Crippen LogP contribution is -2.44. The molecule has 21 heavy (non-hydrogen) atoms. The third-order valence-electron chi connectivity index (χ3n) is 3.16. The lowest BCUT2D eigenvalue weighted by Gasteiger charge is -2.39. The van der Waals surface area contributed by atoms with Gasteiger partial charge in [-0.1, -0.05) is 40.2 Å². The molecule has 1 saturated heterocycles. The predicted molar refractivity (Wildman–Crippen MR) is 83.9 cm³/mol. The van der Waals surface area contributed by atoms with Gasteiger partial charge in [-0.3, -0.25) is 4.79 Å². The molecule has 1 fully saturated rings. The fourth-order valence-electron chi connectivity index (χ4n) is 2.38. The van der Waals surface area contributed by atoms with Crippen molar-refractivity contribution >= 4 is 28.0 Å². The second-order valence-electron chi connectivity index (χ2n) is 5.54. The van der Waals surface area contributed by atoms with Gasteiger partial charge in [0, 0.05) is 10.9 Å². The molecule has 0 aromatic heterocycles. The first-order chi connectivity index (χ1) is 9.84. The number of carboxylic acids is 1. The standard InChI is InChI=1S/C16H19BrO4/c1-16(2)20-13(9-14(21-16)10-15(18)19)8-5-11-3-6-12(17)7-4-11/h3-8,13-14H,9-10H2,1-2H3,(H,18,19)/t13-,14-/m1/s1. The Balaban J connectivity index is 2.04. The number of aliphatic carboxylic acids is 1. The van der Waals surface area contributed by atoms with E-state index >= 15 is 0 Å². The Labute approximate surface area is 132 Å². The second kappa shape index (κ2) is 6.73. The van der Waals surface area contributed by atoms with Crippen molar-refractivity contribution in [3.8, 4) is 0 Å². The summed E-state index contributed by atoms with van der Waals surface area (Å²) in [6, 6.07) is 7.95. The SMILES string of the molecule is CC1(C)O[C@@H](CC(=O)O)C[C@@H](C=Cc2ccc(Br)cc2)O1. The number of carbonyl (C=O) groups is 1. The van der Waals surface area contributed by atoms with E-state index in [9.17, 15) is 4.79 Å². The van der Waals surface area contributed by atoms with Crippen LogP contribution >= 0.6 is 15.9 Å². The van der Waals surface area contributed by atoms with Crippen molar-refractivity contribution in [1.29, 1.82) is 0 Å². The maximum atomic E-state index is 10.9. The fourth-order valence-corrected chi connectivity index (χ4v) is 2.64. The average molecular weight is 355 g/mol. The third kappa shape index (κ3) is 5.26. The molecule has 0 spiro atoms. The fraction of sp³-hybridized carbons (Fsp3) is 0.438. The molecule has 0 unspecified atom stereocenters. The van der Waals surface area contributed by atoms with Gasteiger partial charge in [0.15, 0.2) is 5.79 Å². The molecule has 1 aliphatic heterocycles. The van der Waals surface area contributed by atoms with Crippen LogP contribution in [0.25, 0.3) is 6.08 Å². The van der Waals surface area contributed by atoms with Crippen molar-refractivity contribution in [2.24, 2.45) is 0 Å². The minimum Gasteiger partial charge on any atom is -0.481 e. The van der Waals surface area contributed by atoms with Crippen molar-refractivity contribution in [2.45, 2.75) is 44.7 Å². The van der Waals surface area contributed by atoms with Gasteiger partial charge in [0.2, 0.25) is 0 Å². The Morgan fingerprint density at radius 2 is 2.05 bits per heavy atom. The monoisotopic (exact) mass is 354 g/mol. The quantitative estimate of drug-likeness (QED) is 0.892. The molecular weight excluding hydrogens is 336 g/mol. The lowest BCUT2D eigenvalue weighted by molar-refractivity contribution is -0.290. The molecule has 2 rings (SSSR count). The van der Waals surface area contributed by atoms with Crippen LogP contribution in [0.3, 0.4) is 0 Å². The van der Waals surface area contributed by atoms with Crippen LogP contribution in [-0.4, -0.2) is 29.1 Å². The molecule has 1 heterocycles. The topological polar surface area (TPSA) is 55.8 Å². The van der Waals surface area contributed by atoms with Gasteiger partial charge in [-0.25, -0.2) is 0 Å². The molecule has 1 aliphatic rings. The van der Waals surface area contributed by atoms with Gasteiger partial charge in [-0.15, -0.1) is 0 Å². The molecule has 2 atom stereocenters. The maximum absolute atomic E-state index is 10.9. The van der Waals surface area contributed by atoms with E-state index in [1.807, 2.05) is 50.3 Å². The summed E-state index contributed by atoms with van der Waals surface area (Å²) in [5, 5.41) is 8.91. The van der Waals surface area contributed by atoms with Crippen LogP contribution in [0, 0.1) is 0 Å². The summed E-state index contributed by atoms with van der Waals surface area (Å²) in [5.41, 5.74) is 1.07. The smallest absolute Gasteiger partial charge is 0.305 e. The van der Waals surface area contributed by atoms with Gasteiger partial charge in [-0.05, 0) is 31.5 Å². The van der Waals surface area contributed by atoms with Crippen molar-refractivity contribution in [3.05, 3.63) is 40.4 Å². The van der Waals surface area contributed by atoms with Gasteiger partial charge >= 0.3 is 5.97 Å². The van der Waals surface area contributed by atoms with Crippen LogP contribution in [0.4, 0.5) is 0 Å². The molecule has 0 saturated carbocycles. The van der Waals surface area contributed by atoms with E-state index in [1.165, 1.54) is 0 Å². The number of hydrogen-bond donors (Lipinski definition) is 1. The number of halogens is 1. The zero-order chi connectivity index (χ0) is 15.5. The minimum absolute atomic E-state index is 0.00455. The molecule has 0 amide bonds. The zero-order valence-electron chi connectivity index (χ0n) is 12.1. The highest BCUT2D eigenvalue weighted by Gasteiger charge is 2.35. The number of ether oxygens (including phenoxy) is 2. The molecule has 4 nitrogen and oxygen atoms in total. The highest BCUT2D eigenvalue weighted by atomic mass is 79.9. The largest absolute Gasteiger partial charge is 0.481 e. The van der Waals surface area contributed by atoms with Crippen LogP contribution in [-0.2, 0) is 14.3 Å². The van der Waals surface area contributed by atoms with Crippen molar-refractivity contribution in [1.82, 2.24) is 0 Å². The summed E-state index contributed by atoms with van der Waals surface area (Å²) < 4.78 is 12.5. The summed E-state index contributed by atoms with van der Waals surface area (Å²) in [5.74, 6) is -1.62. The van der Waals surface area contributed by atoms with Gasteiger partial charge in [0.1, 0.15) is 0 Å². The van der Waals surface area contributed by atoms with Crippen LogP contribution in [0.15, 0.2) is 34.8 Å². The van der Waals surface area contributed by atoms with Crippen LogP contribution < -0.4 is 0 Å². The van der Waals surface area contributed by atoms with Crippen molar-refractivity contribution in [3.63, 3.8) is 0 Å². The average Bonchev–Trinajstić information content (AvgIpc) is 2.35. The molecule has 5 heteroatoms. The van der Waals surface area contributed by atoms with Gasteiger partial charge in [0.05, 0.1) is 18.6 Å². The molecule has 1 aromatic rings. The lowest BCUT2D eigenvalue weighted by atomic mass is 10.0. The molecule has 1 aromatic carbocycles. The third-order valence-corrected chi connectivity index (χ3v) is 3.69. The molecule has 0 bridgehead atoms. The van der Waals surface area contributed by atoms with Crippen LogP contribution in [0.1, 0.15) is 32.3 Å². The highest BCUT2D eigenvalue weighted by molar-refractivity contribution is 9.10. The van der Waals surface area contributed by atoms with Gasteiger partial charge in [0.25, 0.3) is 0 Å². The van der Waals surface area contributed by atoms with E-state index in [2.05, 4.69) is 15.9 Å². The molecule has 0 aliphatic carbocycles.